The van der Waals surface area contributed by atoms with Crippen LogP contribution < -0.4 is 5.56 Å². The third-order valence-electron chi connectivity index (χ3n) is 1.52. The number of hydrogen-bond donors (Lipinski definition) is 1. The lowest BCUT2D eigenvalue weighted by Crippen LogP contribution is -2.13. The van der Waals surface area contributed by atoms with Gasteiger partial charge in [-0.2, -0.15) is 0 Å². The van der Waals surface area contributed by atoms with Crippen molar-refractivity contribution in [3.8, 4) is 0 Å². The van der Waals surface area contributed by atoms with Crippen LogP contribution >= 0.6 is 11.8 Å². The van der Waals surface area contributed by atoms with Crippen molar-refractivity contribution in [2.24, 2.45) is 0 Å². The normalized spacial score (nSPS) is 9.83. The van der Waals surface area contributed by atoms with Crippen molar-refractivity contribution in [2.75, 3.05) is 6.26 Å². The molecule has 0 aromatic carbocycles. The summed E-state index contributed by atoms with van der Waals surface area (Å²) in [6.45, 7) is 5.34. The molecule has 1 rings (SSSR count). The Morgan fingerprint density at radius 1 is 1.67 bits per heavy atom. The van der Waals surface area contributed by atoms with Crippen LogP contribution in [0.5, 0.6) is 0 Å². The van der Waals surface area contributed by atoms with Crippen LogP contribution in [0.1, 0.15) is 11.3 Å². The monoisotopic (exact) mass is 182 g/mol. The summed E-state index contributed by atoms with van der Waals surface area (Å²) in [5, 5.41) is 0.642. The van der Waals surface area contributed by atoms with Crippen molar-refractivity contribution in [1.29, 1.82) is 0 Å². The zero-order valence-electron chi connectivity index (χ0n) is 7.05. The van der Waals surface area contributed by atoms with Crippen LogP contribution in [0.15, 0.2) is 16.5 Å². The maximum atomic E-state index is 11.3. The zero-order valence-corrected chi connectivity index (χ0v) is 7.86. The average Bonchev–Trinajstić information content (AvgIpc) is 2.03. The zero-order chi connectivity index (χ0) is 9.14. The van der Waals surface area contributed by atoms with Gasteiger partial charge in [-0.3, -0.25) is 4.79 Å². The van der Waals surface area contributed by atoms with E-state index < -0.39 is 0 Å². The predicted molar refractivity (Wildman–Crippen MR) is 51.5 cm³/mol. The Labute approximate surface area is 74.9 Å². The molecular weight excluding hydrogens is 172 g/mol. The number of H-pyrrole nitrogens is 1. The number of thioether (sulfide) groups is 1. The number of hydrogen-bond acceptors (Lipinski definition) is 3. The van der Waals surface area contributed by atoms with Crippen LogP contribution in [0.4, 0.5) is 0 Å². The smallest absolute Gasteiger partial charge is 0.259 e. The summed E-state index contributed by atoms with van der Waals surface area (Å²) in [7, 11) is 0. The molecule has 1 aromatic heterocycles. The molecule has 0 unspecified atom stereocenters. The van der Waals surface area contributed by atoms with Crippen molar-refractivity contribution in [3.05, 3.63) is 28.2 Å². The molecule has 0 aliphatic carbocycles. The van der Waals surface area contributed by atoms with Crippen LogP contribution in [0, 0.1) is 6.92 Å². The highest BCUT2D eigenvalue weighted by atomic mass is 32.2. The van der Waals surface area contributed by atoms with Crippen LogP contribution in [0.3, 0.4) is 0 Å². The molecule has 0 saturated heterocycles. The van der Waals surface area contributed by atoms with Crippen LogP contribution in [0.2, 0.25) is 0 Å². The van der Waals surface area contributed by atoms with E-state index in [-0.39, 0.29) is 5.56 Å². The lowest BCUT2D eigenvalue weighted by atomic mass is 10.2. The van der Waals surface area contributed by atoms with Crippen molar-refractivity contribution < 1.29 is 0 Å². The van der Waals surface area contributed by atoms with E-state index in [1.807, 2.05) is 6.26 Å². The highest BCUT2D eigenvalue weighted by molar-refractivity contribution is 7.98. The molecule has 1 N–H and O–H groups in total. The number of nitrogens with zero attached hydrogens (tertiary/aromatic N) is 1. The lowest BCUT2D eigenvalue weighted by Gasteiger charge is -2.00. The standard InChI is InChI=1S/C8H10N2OS/c1-4-6-5(2)9-8(12-3)10-7(6)11/h4H,1H2,2-3H3,(H,9,10,11). The Bertz CT molecular complexity index is 357. The molecule has 0 saturated carbocycles. The SMILES string of the molecule is C=Cc1c(C)nc(SC)[nH]c1=O. The minimum Gasteiger partial charge on any atom is -0.301 e. The Balaban J connectivity index is 3.38. The van der Waals surface area contributed by atoms with Gasteiger partial charge in [-0.15, -0.1) is 0 Å². The lowest BCUT2D eigenvalue weighted by molar-refractivity contribution is 0.902. The molecule has 0 spiro atoms. The molecule has 0 aliphatic rings. The fourth-order valence-corrected chi connectivity index (χ4v) is 1.33. The van der Waals surface area contributed by atoms with Crippen molar-refractivity contribution in [1.82, 2.24) is 9.97 Å². The van der Waals surface area contributed by atoms with E-state index in [0.717, 1.165) is 5.69 Å². The molecule has 4 heteroatoms. The van der Waals surface area contributed by atoms with Gasteiger partial charge in [0.2, 0.25) is 0 Å². The van der Waals surface area contributed by atoms with Gasteiger partial charge in [-0.1, -0.05) is 24.4 Å². The molecule has 3 nitrogen and oxygen atoms in total. The number of rotatable bonds is 2. The van der Waals surface area contributed by atoms with Crippen molar-refractivity contribution in [3.63, 3.8) is 0 Å². The molecular formula is C8H10N2OS. The first kappa shape index (κ1) is 9.06. The first-order valence-corrected chi connectivity index (χ1v) is 4.69. The van der Waals surface area contributed by atoms with Crippen molar-refractivity contribution in [2.45, 2.75) is 12.1 Å². The summed E-state index contributed by atoms with van der Waals surface area (Å²) in [6.07, 6.45) is 3.39. The predicted octanol–water partition coefficient (Wildman–Crippen LogP) is 1.44. The van der Waals surface area contributed by atoms with E-state index in [0.29, 0.717) is 10.7 Å². The average molecular weight is 182 g/mol. The molecule has 12 heavy (non-hydrogen) atoms. The molecule has 0 amide bonds. The number of aryl methyl sites for hydroxylation is 1. The van der Waals surface area contributed by atoms with Gasteiger partial charge in [-0.05, 0) is 13.2 Å². The first-order valence-electron chi connectivity index (χ1n) is 3.46. The number of aromatic amines is 1. The fourth-order valence-electron chi connectivity index (χ4n) is 0.906. The van der Waals surface area contributed by atoms with E-state index in [1.54, 1.807) is 6.92 Å². The third-order valence-corrected chi connectivity index (χ3v) is 2.10. The van der Waals surface area contributed by atoms with Gasteiger partial charge in [0, 0.05) is 0 Å². The number of aromatic nitrogens is 2. The molecule has 0 bridgehead atoms. The minimum absolute atomic E-state index is 0.123. The minimum atomic E-state index is -0.123. The summed E-state index contributed by atoms with van der Waals surface area (Å²) in [4.78, 5) is 18.1. The molecule has 1 aromatic rings. The quantitative estimate of drug-likeness (QED) is 0.556. The van der Waals surface area contributed by atoms with Gasteiger partial charge in [-0.25, -0.2) is 4.98 Å². The van der Waals surface area contributed by atoms with E-state index in [9.17, 15) is 4.79 Å². The molecule has 0 atom stereocenters. The Morgan fingerprint density at radius 2 is 2.33 bits per heavy atom. The molecule has 0 radical (unpaired) electrons. The summed E-state index contributed by atoms with van der Waals surface area (Å²) < 4.78 is 0. The molecule has 0 fully saturated rings. The van der Waals surface area contributed by atoms with Crippen LogP contribution in [-0.4, -0.2) is 16.2 Å². The second kappa shape index (κ2) is 3.58. The Morgan fingerprint density at radius 3 is 2.75 bits per heavy atom. The summed E-state index contributed by atoms with van der Waals surface area (Å²) in [6, 6.07) is 0. The maximum absolute atomic E-state index is 11.3. The van der Waals surface area contributed by atoms with E-state index in [1.165, 1.54) is 17.8 Å². The largest absolute Gasteiger partial charge is 0.301 e. The van der Waals surface area contributed by atoms with Crippen LogP contribution in [-0.2, 0) is 0 Å². The molecule has 64 valence electrons. The highest BCUT2D eigenvalue weighted by Gasteiger charge is 2.02. The third kappa shape index (κ3) is 1.58. The van der Waals surface area contributed by atoms with E-state index >= 15 is 0 Å². The summed E-state index contributed by atoms with van der Waals surface area (Å²) >= 11 is 1.42. The Kier molecular flexibility index (Phi) is 2.70. The van der Waals surface area contributed by atoms with Crippen LogP contribution in [0.25, 0.3) is 6.08 Å². The van der Waals surface area contributed by atoms with Gasteiger partial charge >= 0.3 is 0 Å². The highest BCUT2D eigenvalue weighted by Crippen LogP contribution is 2.08. The van der Waals surface area contributed by atoms with Gasteiger partial charge in [0.15, 0.2) is 5.16 Å². The van der Waals surface area contributed by atoms with Gasteiger partial charge in [0.1, 0.15) is 0 Å². The topological polar surface area (TPSA) is 45.8 Å². The van der Waals surface area contributed by atoms with E-state index in [4.69, 9.17) is 0 Å². The molecule has 1 heterocycles. The summed E-state index contributed by atoms with van der Waals surface area (Å²) in [5.74, 6) is 0. The molecule has 0 aliphatic heterocycles. The van der Waals surface area contributed by atoms with Gasteiger partial charge in [0.05, 0.1) is 11.3 Å². The van der Waals surface area contributed by atoms with E-state index in [2.05, 4.69) is 16.5 Å². The van der Waals surface area contributed by atoms with Gasteiger partial charge < -0.3 is 4.98 Å². The second-order valence-electron chi connectivity index (χ2n) is 2.28. The summed E-state index contributed by atoms with van der Waals surface area (Å²) in [5.41, 5.74) is 1.15. The van der Waals surface area contributed by atoms with Gasteiger partial charge in [0.25, 0.3) is 5.56 Å². The first-order chi connectivity index (χ1) is 5.69. The Hall–Kier alpha value is -1.03. The maximum Gasteiger partial charge on any atom is 0.259 e. The van der Waals surface area contributed by atoms with Crippen molar-refractivity contribution >= 4 is 17.8 Å². The second-order valence-corrected chi connectivity index (χ2v) is 3.07. The number of nitrogens with one attached hydrogen (secondary N) is 1. The fraction of sp³-hybridized carbons (Fsp3) is 0.250.